The summed E-state index contributed by atoms with van der Waals surface area (Å²) in [5.41, 5.74) is 1.91. The van der Waals surface area contributed by atoms with Gasteiger partial charge < -0.3 is 18.8 Å². The maximum absolute atomic E-state index is 13.3. The normalized spacial score (nSPS) is 17.1. The number of aryl methyl sites for hydroxylation is 2. The number of para-hydroxylation sites is 1. The molecule has 1 saturated heterocycles. The Balaban J connectivity index is 1.77. The molecule has 7 heteroatoms. The minimum Gasteiger partial charge on any atom is -0.466 e. The van der Waals surface area contributed by atoms with Crippen LogP contribution < -0.4 is 5.56 Å². The Labute approximate surface area is 168 Å². The maximum atomic E-state index is 13.3. The molecule has 1 atom stereocenters. The Kier molecular flexibility index (Phi) is 4.90. The molecule has 0 unspecified atom stereocenters. The minimum absolute atomic E-state index is 0.128. The van der Waals surface area contributed by atoms with E-state index in [4.69, 9.17) is 4.74 Å². The summed E-state index contributed by atoms with van der Waals surface area (Å²) in [5.74, 6) is -0.707. The molecule has 3 aromatic rings. The van der Waals surface area contributed by atoms with Crippen LogP contribution in [-0.2, 0) is 23.6 Å². The average molecular weight is 395 g/mol. The van der Waals surface area contributed by atoms with Crippen molar-refractivity contribution in [2.24, 2.45) is 20.0 Å². The van der Waals surface area contributed by atoms with E-state index in [1.807, 2.05) is 31.3 Å². The summed E-state index contributed by atoms with van der Waals surface area (Å²) in [6.07, 6.45) is 1.48. The third-order valence-corrected chi connectivity index (χ3v) is 5.84. The van der Waals surface area contributed by atoms with E-state index in [-0.39, 0.29) is 23.4 Å². The first kappa shape index (κ1) is 19.2. The lowest BCUT2D eigenvalue weighted by Gasteiger charge is -2.31. The van der Waals surface area contributed by atoms with Crippen LogP contribution in [0, 0.1) is 5.92 Å². The Morgan fingerprint density at radius 1 is 1.14 bits per heavy atom. The fourth-order valence-electron chi connectivity index (χ4n) is 4.33. The molecule has 2 aromatic heterocycles. The number of aromatic nitrogens is 2. The maximum Gasteiger partial charge on any atom is 0.310 e. The predicted molar refractivity (Wildman–Crippen MR) is 111 cm³/mol. The van der Waals surface area contributed by atoms with Crippen LogP contribution >= 0.6 is 0 Å². The highest BCUT2D eigenvalue weighted by Crippen LogP contribution is 2.27. The van der Waals surface area contributed by atoms with Gasteiger partial charge in [-0.2, -0.15) is 0 Å². The van der Waals surface area contributed by atoms with Gasteiger partial charge in [-0.1, -0.05) is 18.2 Å². The van der Waals surface area contributed by atoms with Crippen molar-refractivity contribution in [1.82, 2.24) is 14.0 Å². The van der Waals surface area contributed by atoms with Gasteiger partial charge >= 0.3 is 5.97 Å². The number of esters is 1. The first-order valence-corrected chi connectivity index (χ1v) is 9.97. The van der Waals surface area contributed by atoms with Gasteiger partial charge in [-0.05, 0) is 31.9 Å². The van der Waals surface area contributed by atoms with Crippen molar-refractivity contribution in [3.05, 3.63) is 46.4 Å². The van der Waals surface area contributed by atoms with Crippen molar-refractivity contribution < 1.29 is 14.3 Å². The molecule has 0 aliphatic carbocycles. The molecule has 29 heavy (non-hydrogen) atoms. The highest BCUT2D eigenvalue weighted by molar-refractivity contribution is 6.08. The fourth-order valence-corrected chi connectivity index (χ4v) is 4.33. The molecule has 7 nitrogen and oxygen atoms in total. The number of carbonyl (C=O) groups is 2. The Morgan fingerprint density at radius 3 is 2.66 bits per heavy atom. The molecule has 0 radical (unpaired) electrons. The molecule has 1 fully saturated rings. The van der Waals surface area contributed by atoms with Gasteiger partial charge in [-0.25, -0.2) is 0 Å². The molecule has 1 aliphatic rings. The van der Waals surface area contributed by atoms with Crippen molar-refractivity contribution in [3.63, 3.8) is 0 Å². The van der Waals surface area contributed by atoms with Crippen molar-refractivity contribution in [2.45, 2.75) is 19.8 Å². The number of benzene rings is 1. The number of likely N-dealkylation sites (tertiary alicyclic amines) is 1. The molecule has 152 valence electrons. The SMILES string of the molecule is CCOC(=O)[C@@H]1CCCN(C(=O)c2cc3c(=O)n(C)c4ccccc4c3n2C)C1. The number of nitrogens with zero attached hydrogens (tertiary/aromatic N) is 3. The van der Waals surface area contributed by atoms with E-state index in [2.05, 4.69) is 0 Å². The van der Waals surface area contributed by atoms with Gasteiger partial charge in [0.05, 0.1) is 28.9 Å². The third-order valence-electron chi connectivity index (χ3n) is 5.84. The lowest BCUT2D eigenvalue weighted by Crippen LogP contribution is -2.43. The molecule has 0 bridgehead atoms. The molecule has 0 spiro atoms. The number of piperidine rings is 1. The molecule has 3 heterocycles. The topological polar surface area (TPSA) is 73.5 Å². The summed E-state index contributed by atoms with van der Waals surface area (Å²) in [6.45, 7) is 3.06. The third kappa shape index (κ3) is 3.10. The molecular weight excluding hydrogens is 370 g/mol. The summed E-state index contributed by atoms with van der Waals surface area (Å²) < 4.78 is 8.55. The number of hydrogen-bond acceptors (Lipinski definition) is 4. The van der Waals surface area contributed by atoms with E-state index in [0.29, 0.717) is 30.8 Å². The monoisotopic (exact) mass is 395 g/mol. The average Bonchev–Trinajstić information content (AvgIpc) is 3.09. The second-order valence-corrected chi connectivity index (χ2v) is 7.57. The van der Waals surface area contributed by atoms with Gasteiger partial charge in [0, 0.05) is 32.6 Å². The van der Waals surface area contributed by atoms with Crippen molar-refractivity contribution in [3.8, 4) is 0 Å². The Bertz CT molecular complexity index is 1170. The zero-order valence-corrected chi connectivity index (χ0v) is 17.0. The molecule has 4 rings (SSSR count). The van der Waals surface area contributed by atoms with Gasteiger partial charge in [0.2, 0.25) is 0 Å². The smallest absolute Gasteiger partial charge is 0.310 e. The van der Waals surface area contributed by atoms with Crippen molar-refractivity contribution in [1.29, 1.82) is 0 Å². The van der Waals surface area contributed by atoms with Crippen LogP contribution in [0.3, 0.4) is 0 Å². The highest BCUT2D eigenvalue weighted by Gasteiger charge is 2.31. The molecular formula is C22H25N3O4. The minimum atomic E-state index is -0.295. The first-order valence-electron chi connectivity index (χ1n) is 9.97. The zero-order chi connectivity index (χ0) is 20.7. The van der Waals surface area contributed by atoms with Gasteiger partial charge in [0.15, 0.2) is 0 Å². The van der Waals surface area contributed by atoms with Crippen molar-refractivity contribution >= 4 is 33.7 Å². The number of pyridine rings is 1. The largest absolute Gasteiger partial charge is 0.466 e. The number of carbonyl (C=O) groups excluding carboxylic acids is 2. The van der Waals surface area contributed by atoms with Gasteiger partial charge in [-0.3, -0.25) is 14.4 Å². The van der Waals surface area contributed by atoms with Crippen LogP contribution in [0.1, 0.15) is 30.3 Å². The molecule has 1 aromatic carbocycles. The molecule has 0 N–H and O–H groups in total. The summed E-state index contributed by atoms with van der Waals surface area (Å²) >= 11 is 0. The van der Waals surface area contributed by atoms with Crippen LogP contribution in [0.4, 0.5) is 0 Å². The summed E-state index contributed by atoms with van der Waals surface area (Å²) in [7, 11) is 3.56. The van der Waals surface area contributed by atoms with E-state index in [1.165, 1.54) is 0 Å². The van der Waals surface area contributed by atoms with Gasteiger partial charge in [0.25, 0.3) is 11.5 Å². The Morgan fingerprint density at radius 2 is 1.90 bits per heavy atom. The van der Waals surface area contributed by atoms with E-state index in [1.54, 1.807) is 34.1 Å². The lowest BCUT2D eigenvalue weighted by molar-refractivity contribution is -0.149. The van der Waals surface area contributed by atoms with Crippen molar-refractivity contribution in [2.75, 3.05) is 19.7 Å². The number of fused-ring (bicyclic) bond motifs is 3. The standard InChI is InChI=1S/C22H25N3O4/c1-4-29-22(28)14-8-7-11-25(13-14)21(27)18-12-16-19(23(18)2)15-9-5-6-10-17(15)24(3)20(16)26/h5-6,9-10,12,14H,4,7-8,11,13H2,1-3H3/t14-/m1/s1. The lowest BCUT2D eigenvalue weighted by atomic mass is 9.98. The fraction of sp³-hybridized carbons (Fsp3) is 0.409. The zero-order valence-electron chi connectivity index (χ0n) is 17.0. The number of rotatable bonds is 3. The molecule has 1 amide bonds. The van der Waals surface area contributed by atoms with Crippen LogP contribution in [0.5, 0.6) is 0 Å². The first-order chi connectivity index (χ1) is 13.9. The van der Waals surface area contributed by atoms with E-state index in [0.717, 1.165) is 29.3 Å². The predicted octanol–water partition coefficient (Wildman–Crippen LogP) is 2.45. The summed E-state index contributed by atoms with van der Waals surface area (Å²) in [5, 5.41) is 1.45. The van der Waals surface area contributed by atoms with Gasteiger partial charge in [-0.15, -0.1) is 0 Å². The van der Waals surface area contributed by atoms with Crippen LogP contribution in [-0.4, -0.2) is 45.6 Å². The van der Waals surface area contributed by atoms with E-state index < -0.39 is 0 Å². The van der Waals surface area contributed by atoms with Crippen LogP contribution in [0.25, 0.3) is 21.8 Å². The Hall–Kier alpha value is -3.09. The number of amides is 1. The summed E-state index contributed by atoms with van der Waals surface area (Å²) in [4.78, 5) is 40.0. The number of ether oxygens (including phenoxy) is 1. The van der Waals surface area contributed by atoms with Gasteiger partial charge in [0.1, 0.15) is 5.69 Å². The van der Waals surface area contributed by atoms with Crippen LogP contribution in [0.2, 0.25) is 0 Å². The summed E-state index contributed by atoms with van der Waals surface area (Å²) in [6, 6.07) is 9.36. The van der Waals surface area contributed by atoms with E-state index >= 15 is 0 Å². The quantitative estimate of drug-likeness (QED) is 0.639. The number of hydrogen-bond donors (Lipinski definition) is 0. The van der Waals surface area contributed by atoms with E-state index in [9.17, 15) is 14.4 Å². The van der Waals surface area contributed by atoms with Crippen LogP contribution in [0.15, 0.2) is 35.1 Å². The second-order valence-electron chi connectivity index (χ2n) is 7.57. The second kappa shape index (κ2) is 7.39. The molecule has 1 aliphatic heterocycles. The molecule has 0 saturated carbocycles. The highest BCUT2D eigenvalue weighted by atomic mass is 16.5.